The van der Waals surface area contributed by atoms with Crippen molar-refractivity contribution in [2.24, 2.45) is 5.92 Å². The lowest BCUT2D eigenvalue weighted by atomic mass is 10.00. The third-order valence-corrected chi connectivity index (χ3v) is 3.38. The molecule has 1 heterocycles. The zero-order valence-electron chi connectivity index (χ0n) is 11.0. The minimum atomic E-state index is -0.186. The highest BCUT2D eigenvalue weighted by Gasteiger charge is 2.13. The third kappa shape index (κ3) is 4.44. The first-order chi connectivity index (χ1) is 9.25. The average molecular weight is 263 g/mol. The second-order valence-electron chi connectivity index (χ2n) is 4.90. The van der Waals surface area contributed by atoms with Crippen LogP contribution in [0.25, 0.3) is 0 Å². The van der Waals surface area contributed by atoms with Crippen molar-refractivity contribution in [3.05, 3.63) is 29.8 Å². The molecule has 19 heavy (non-hydrogen) atoms. The number of rotatable bonds is 4. The number of nitrogens with one attached hydrogen (secondary N) is 3. The SMILES string of the molecule is O=C(NCc1ccccc1O)NCC1CCCNC1. The van der Waals surface area contributed by atoms with E-state index in [0.29, 0.717) is 19.0 Å². The molecule has 5 heteroatoms. The van der Waals surface area contributed by atoms with E-state index in [0.717, 1.165) is 25.1 Å². The Morgan fingerprint density at radius 1 is 1.37 bits per heavy atom. The molecule has 1 unspecified atom stereocenters. The van der Waals surface area contributed by atoms with E-state index in [-0.39, 0.29) is 11.8 Å². The summed E-state index contributed by atoms with van der Waals surface area (Å²) in [6.45, 7) is 3.08. The van der Waals surface area contributed by atoms with Crippen LogP contribution in [0.1, 0.15) is 18.4 Å². The lowest BCUT2D eigenvalue weighted by Gasteiger charge is -2.22. The summed E-state index contributed by atoms with van der Waals surface area (Å²) in [6, 6.07) is 6.81. The fourth-order valence-corrected chi connectivity index (χ4v) is 2.23. The molecule has 2 rings (SSSR count). The Bertz CT molecular complexity index is 417. The van der Waals surface area contributed by atoms with Gasteiger partial charge < -0.3 is 21.1 Å². The minimum Gasteiger partial charge on any atom is -0.508 e. The normalized spacial score (nSPS) is 18.8. The predicted molar refractivity (Wildman–Crippen MR) is 73.9 cm³/mol. The van der Waals surface area contributed by atoms with Crippen LogP contribution in [0, 0.1) is 5.92 Å². The van der Waals surface area contributed by atoms with Gasteiger partial charge in [-0.3, -0.25) is 0 Å². The Labute approximate surface area is 113 Å². The summed E-state index contributed by atoms with van der Waals surface area (Å²) in [6.07, 6.45) is 2.33. The van der Waals surface area contributed by atoms with Gasteiger partial charge in [-0.15, -0.1) is 0 Å². The summed E-state index contributed by atoms with van der Waals surface area (Å²) >= 11 is 0. The number of carbonyl (C=O) groups excluding carboxylic acids is 1. The fraction of sp³-hybridized carbons (Fsp3) is 0.500. The summed E-state index contributed by atoms with van der Waals surface area (Å²) in [7, 11) is 0. The van der Waals surface area contributed by atoms with E-state index < -0.39 is 0 Å². The first-order valence-electron chi connectivity index (χ1n) is 6.75. The monoisotopic (exact) mass is 263 g/mol. The molecule has 2 amide bonds. The molecule has 1 aliphatic heterocycles. The van der Waals surface area contributed by atoms with Gasteiger partial charge in [0.1, 0.15) is 5.75 Å². The van der Waals surface area contributed by atoms with E-state index in [1.54, 1.807) is 18.2 Å². The molecule has 0 spiro atoms. The molecular formula is C14H21N3O2. The van der Waals surface area contributed by atoms with Gasteiger partial charge in [0.15, 0.2) is 0 Å². The number of benzene rings is 1. The molecule has 0 radical (unpaired) electrons. The number of carbonyl (C=O) groups is 1. The van der Waals surface area contributed by atoms with E-state index in [4.69, 9.17) is 0 Å². The fourth-order valence-electron chi connectivity index (χ4n) is 2.23. The number of phenols is 1. The molecule has 4 N–H and O–H groups in total. The maximum atomic E-state index is 11.6. The Kier molecular flexibility index (Phi) is 5.03. The zero-order valence-corrected chi connectivity index (χ0v) is 11.0. The maximum Gasteiger partial charge on any atom is 0.315 e. The van der Waals surface area contributed by atoms with Crippen molar-refractivity contribution in [3.8, 4) is 5.75 Å². The van der Waals surface area contributed by atoms with Gasteiger partial charge in [-0.05, 0) is 37.9 Å². The van der Waals surface area contributed by atoms with E-state index >= 15 is 0 Å². The smallest absolute Gasteiger partial charge is 0.315 e. The lowest BCUT2D eigenvalue weighted by molar-refractivity contribution is 0.236. The number of para-hydroxylation sites is 1. The highest BCUT2D eigenvalue weighted by atomic mass is 16.3. The van der Waals surface area contributed by atoms with Crippen molar-refractivity contribution in [1.29, 1.82) is 0 Å². The number of piperidine rings is 1. The van der Waals surface area contributed by atoms with Gasteiger partial charge in [0.05, 0.1) is 0 Å². The molecular weight excluding hydrogens is 242 g/mol. The van der Waals surface area contributed by atoms with E-state index in [1.165, 1.54) is 6.42 Å². The van der Waals surface area contributed by atoms with Crippen LogP contribution in [0.5, 0.6) is 5.75 Å². The highest BCUT2D eigenvalue weighted by molar-refractivity contribution is 5.73. The van der Waals surface area contributed by atoms with Crippen molar-refractivity contribution in [2.45, 2.75) is 19.4 Å². The van der Waals surface area contributed by atoms with Gasteiger partial charge in [0.25, 0.3) is 0 Å². The summed E-state index contributed by atoms with van der Waals surface area (Å²) in [5.74, 6) is 0.726. The van der Waals surface area contributed by atoms with Gasteiger partial charge in [-0.1, -0.05) is 18.2 Å². The third-order valence-electron chi connectivity index (χ3n) is 3.38. The van der Waals surface area contributed by atoms with Crippen LogP contribution < -0.4 is 16.0 Å². The average Bonchev–Trinajstić information content (AvgIpc) is 2.45. The molecule has 0 aromatic heterocycles. The van der Waals surface area contributed by atoms with Gasteiger partial charge in [0, 0.05) is 18.7 Å². The summed E-state index contributed by atoms with van der Waals surface area (Å²) in [4.78, 5) is 11.6. The van der Waals surface area contributed by atoms with Crippen LogP contribution in [0.3, 0.4) is 0 Å². The summed E-state index contributed by atoms with van der Waals surface area (Å²) in [5.41, 5.74) is 0.719. The zero-order chi connectivity index (χ0) is 13.5. The number of urea groups is 1. The van der Waals surface area contributed by atoms with Crippen LogP contribution in [0.15, 0.2) is 24.3 Å². The Morgan fingerprint density at radius 3 is 2.95 bits per heavy atom. The van der Waals surface area contributed by atoms with Crippen LogP contribution in [-0.4, -0.2) is 30.8 Å². The van der Waals surface area contributed by atoms with Crippen molar-refractivity contribution < 1.29 is 9.90 Å². The molecule has 0 bridgehead atoms. The molecule has 1 aromatic carbocycles. The van der Waals surface area contributed by atoms with Crippen molar-refractivity contribution in [1.82, 2.24) is 16.0 Å². The topological polar surface area (TPSA) is 73.4 Å². The van der Waals surface area contributed by atoms with Crippen molar-refractivity contribution >= 4 is 6.03 Å². The number of hydrogen-bond acceptors (Lipinski definition) is 3. The molecule has 1 saturated heterocycles. The summed E-state index contributed by atoms with van der Waals surface area (Å²) < 4.78 is 0. The second-order valence-corrected chi connectivity index (χ2v) is 4.90. The van der Waals surface area contributed by atoms with Gasteiger partial charge in [-0.25, -0.2) is 4.79 Å². The molecule has 0 aliphatic carbocycles. The Balaban J connectivity index is 1.68. The molecule has 1 aliphatic rings. The molecule has 1 fully saturated rings. The summed E-state index contributed by atoms with van der Waals surface area (Å²) in [5, 5.41) is 18.5. The Hall–Kier alpha value is -1.75. The van der Waals surface area contributed by atoms with Crippen LogP contribution in [-0.2, 0) is 6.54 Å². The van der Waals surface area contributed by atoms with Gasteiger partial charge in [-0.2, -0.15) is 0 Å². The number of hydrogen-bond donors (Lipinski definition) is 4. The van der Waals surface area contributed by atoms with Crippen LogP contribution >= 0.6 is 0 Å². The van der Waals surface area contributed by atoms with E-state index in [9.17, 15) is 9.90 Å². The standard InChI is InChI=1S/C14H21N3O2/c18-13-6-2-1-5-12(13)10-17-14(19)16-9-11-4-3-7-15-8-11/h1-2,5-6,11,15,18H,3-4,7-10H2,(H2,16,17,19). The van der Waals surface area contributed by atoms with Crippen molar-refractivity contribution in [2.75, 3.05) is 19.6 Å². The lowest BCUT2D eigenvalue weighted by Crippen LogP contribution is -2.41. The quantitative estimate of drug-likeness (QED) is 0.659. The predicted octanol–water partition coefficient (Wildman–Crippen LogP) is 1.19. The Morgan fingerprint density at radius 2 is 2.21 bits per heavy atom. The van der Waals surface area contributed by atoms with Crippen LogP contribution in [0.4, 0.5) is 4.79 Å². The highest BCUT2D eigenvalue weighted by Crippen LogP contribution is 2.14. The molecule has 1 atom stereocenters. The molecule has 1 aromatic rings. The van der Waals surface area contributed by atoms with E-state index in [2.05, 4.69) is 16.0 Å². The molecule has 104 valence electrons. The molecule has 0 saturated carbocycles. The van der Waals surface area contributed by atoms with Gasteiger partial charge >= 0.3 is 6.03 Å². The number of amides is 2. The largest absolute Gasteiger partial charge is 0.508 e. The molecule has 5 nitrogen and oxygen atoms in total. The maximum absolute atomic E-state index is 11.6. The minimum absolute atomic E-state index is 0.186. The van der Waals surface area contributed by atoms with Crippen molar-refractivity contribution in [3.63, 3.8) is 0 Å². The number of aromatic hydroxyl groups is 1. The first kappa shape index (κ1) is 13.7. The van der Waals surface area contributed by atoms with Crippen LogP contribution in [0.2, 0.25) is 0 Å². The van der Waals surface area contributed by atoms with Gasteiger partial charge in [0.2, 0.25) is 0 Å². The van der Waals surface area contributed by atoms with E-state index in [1.807, 2.05) is 6.07 Å². The first-order valence-corrected chi connectivity index (χ1v) is 6.75. The second kappa shape index (κ2) is 6.99. The number of phenolic OH excluding ortho intramolecular Hbond substituents is 1.